The van der Waals surface area contributed by atoms with Gasteiger partial charge in [0.1, 0.15) is 10.0 Å². The van der Waals surface area contributed by atoms with Gasteiger partial charge in [-0.1, -0.05) is 12.1 Å². The molecule has 0 saturated carbocycles. The Kier molecular flexibility index (Phi) is 4.64. The molecule has 0 atom stereocenters. The zero-order valence-corrected chi connectivity index (χ0v) is 14.5. The fraction of sp³-hybridized carbons (Fsp3) is 0.118. The van der Waals surface area contributed by atoms with Crippen LogP contribution < -0.4 is 4.31 Å². The standard InChI is InChI=1S/C17H15FN2O2S2/c1-13-7-8-17(23-13)24(21,22)20(12-14-4-3-9-19-11-14)16-6-2-5-15(18)10-16/h2-11H,12H2,1H3. The summed E-state index contributed by atoms with van der Waals surface area (Å²) < 4.78 is 41.2. The number of benzene rings is 1. The average Bonchev–Trinajstić information content (AvgIpc) is 3.01. The summed E-state index contributed by atoms with van der Waals surface area (Å²) in [5.74, 6) is -0.485. The Labute approximate surface area is 144 Å². The molecule has 0 aliphatic heterocycles. The van der Waals surface area contributed by atoms with Crippen LogP contribution >= 0.6 is 11.3 Å². The lowest BCUT2D eigenvalue weighted by atomic mass is 10.2. The van der Waals surface area contributed by atoms with Crippen molar-refractivity contribution in [2.75, 3.05) is 4.31 Å². The molecule has 2 aromatic heterocycles. The van der Waals surface area contributed by atoms with Gasteiger partial charge >= 0.3 is 0 Å². The van der Waals surface area contributed by atoms with E-state index in [-0.39, 0.29) is 16.4 Å². The molecule has 3 rings (SSSR count). The first-order chi connectivity index (χ1) is 11.5. The molecule has 0 amide bonds. The maximum absolute atomic E-state index is 13.6. The van der Waals surface area contributed by atoms with Crippen LogP contribution in [0.3, 0.4) is 0 Å². The van der Waals surface area contributed by atoms with E-state index in [2.05, 4.69) is 4.98 Å². The summed E-state index contributed by atoms with van der Waals surface area (Å²) in [6.45, 7) is 1.92. The molecule has 124 valence electrons. The Morgan fingerprint density at radius 3 is 2.62 bits per heavy atom. The molecule has 3 aromatic rings. The first-order valence-electron chi connectivity index (χ1n) is 7.20. The predicted molar refractivity (Wildman–Crippen MR) is 93.1 cm³/mol. The number of rotatable bonds is 5. The fourth-order valence-corrected chi connectivity index (χ4v) is 5.11. The van der Waals surface area contributed by atoms with Gasteiger partial charge in [0.25, 0.3) is 10.0 Å². The Hall–Kier alpha value is -2.25. The zero-order chi connectivity index (χ0) is 17.2. The van der Waals surface area contributed by atoms with Crippen molar-refractivity contribution in [1.29, 1.82) is 0 Å². The Morgan fingerprint density at radius 1 is 1.17 bits per heavy atom. The van der Waals surface area contributed by atoms with Crippen LogP contribution in [-0.2, 0) is 16.6 Å². The third-order valence-corrected chi connectivity index (χ3v) is 6.65. The number of halogens is 1. The van der Waals surface area contributed by atoms with Crippen LogP contribution in [0.4, 0.5) is 10.1 Å². The molecule has 2 heterocycles. The van der Waals surface area contributed by atoms with Crippen LogP contribution in [-0.4, -0.2) is 13.4 Å². The second kappa shape index (κ2) is 6.70. The van der Waals surface area contributed by atoms with E-state index in [0.29, 0.717) is 0 Å². The number of aromatic nitrogens is 1. The van der Waals surface area contributed by atoms with Gasteiger partial charge in [-0.3, -0.25) is 9.29 Å². The average molecular weight is 362 g/mol. The van der Waals surface area contributed by atoms with Gasteiger partial charge in [-0.2, -0.15) is 0 Å². The minimum atomic E-state index is -3.79. The highest BCUT2D eigenvalue weighted by Gasteiger charge is 2.27. The van der Waals surface area contributed by atoms with E-state index in [0.717, 1.165) is 10.4 Å². The predicted octanol–water partition coefficient (Wildman–Crippen LogP) is 3.99. The van der Waals surface area contributed by atoms with Crippen LogP contribution in [0.1, 0.15) is 10.4 Å². The molecule has 0 fully saturated rings. The Morgan fingerprint density at radius 2 is 2.00 bits per heavy atom. The highest BCUT2D eigenvalue weighted by atomic mass is 32.2. The Bertz CT molecular complexity index is 940. The summed E-state index contributed by atoms with van der Waals surface area (Å²) in [7, 11) is -3.79. The second-order valence-corrected chi connectivity index (χ2v) is 8.59. The first-order valence-corrected chi connectivity index (χ1v) is 9.46. The van der Waals surface area contributed by atoms with E-state index in [4.69, 9.17) is 0 Å². The van der Waals surface area contributed by atoms with Gasteiger partial charge in [0, 0.05) is 17.3 Å². The lowest BCUT2D eigenvalue weighted by Gasteiger charge is -2.23. The molecular formula is C17H15FN2O2S2. The van der Waals surface area contributed by atoms with Gasteiger partial charge in [-0.25, -0.2) is 12.8 Å². The molecule has 4 nitrogen and oxygen atoms in total. The molecule has 24 heavy (non-hydrogen) atoms. The third-order valence-electron chi connectivity index (χ3n) is 3.41. The van der Waals surface area contributed by atoms with Crippen LogP contribution in [0.5, 0.6) is 0 Å². The van der Waals surface area contributed by atoms with E-state index in [9.17, 15) is 12.8 Å². The van der Waals surface area contributed by atoms with Crippen LogP contribution in [0, 0.1) is 12.7 Å². The largest absolute Gasteiger partial charge is 0.274 e. The van der Waals surface area contributed by atoms with Gasteiger partial charge in [0.2, 0.25) is 0 Å². The smallest absolute Gasteiger partial charge is 0.264 e. The van der Waals surface area contributed by atoms with Crippen molar-refractivity contribution in [2.45, 2.75) is 17.7 Å². The summed E-state index contributed by atoms with van der Waals surface area (Å²) in [6.07, 6.45) is 3.22. The summed E-state index contributed by atoms with van der Waals surface area (Å²) >= 11 is 1.19. The second-order valence-electron chi connectivity index (χ2n) is 5.22. The number of anilines is 1. The van der Waals surface area contributed by atoms with Crippen molar-refractivity contribution < 1.29 is 12.8 Å². The first kappa shape index (κ1) is 16.6. The number of hydrogen-bond donors (Lipinski definition) is 0. The van der Waals surface area contributed by atoms with Gasteiger partial charge in [0.15, 0.2) is 0 Å². The normalized spacial score (nSPS) is 11.4. The monoisotopic (exact) mass is 362 g/mol. The van der Waals surface area contributed by atoms with Crippen LogP contribution in [0.2, 0.25) is 0 Å². The van der Waals surface area contributed by atoms with Crippen molar-refractivity contribution in [3.05, 3.63) is 77.2 Å². The van der Waals surface area contributed by atoms with Crippen LogP contribution in [0.15, 0.2) is 65.1 Å². The molecule has 7 heteroatoms. The summed E-state index contributed by atoms with van der Waals surface area (Å²) in [5, 5.41) is 0. The van der Waals surface area contributed by atoms with Gasteiger partial charge in [-0.05, 0) is 48.9 Å². The minimum absolute atomic E-state index is 0.0799. The van der Waals surface area contributed by atoms with Crippen molar-refractivity contribution in [1.82, 2.24) is 4.98 Å². The molecule has 0 unspecified atom stereocenters. The van der Waals surface area contributed by atoms with E-state index in [1.165, 1.54) is 33.8 Å². The topological polar surface area (TPSA) is 50.3 Å². The Balaban J connectivity index is 2.08. The lowest BCUT2D eigenvalue weighted by Crippen LogP contribution is -2.30. The molecule has 0 aliphatic carbocycles. The molecule has 0 N–H and O–H groups in total. The number of sulfonamides is 1. The maximum atomic E-state index is 13.6. The summed E-state index contributed by atoms with van der Waals surface area (Å²) in [6, 6.07) is 12.4. The quantitative estimate of drug-likeness (QED) is 0.690. The fourth-order valence-electron chi connectivity index (χ4n) is 2.26. The van der Waals surface area contributed by atoms with Crippen molar-refractivity contribution in [2.24, 2.45) is 0 Å². The van der Waals surface area contributed by atoms with E-state index in [1.807, 2.05) is 6.92 Å². The van der Waals surface area contributed by atoms with Gasteiger partial charge in [0.05, 0.1) is 12.2 Å². The molecule has 1 aromatic carbocycles. The molecule has 0 saturated heterocycles. The van der Waals surface area contributed by atoms with Crippen molar-refractivity contribution >= 4 is 27.0 Å². The molecule has 0 radical (unpaired) electrons. The molecular weight excluding hydrogens is 347 g/mol. The SMILES string of the molecule is Cc1ccc(S(=O)(=O)N(Cc2cccnc2)c2cccc(F)c2)s1. The lowest BCUT2D eigenvalue weighted by molar-refractivity contribution is 0.592. The summed E-state index contributed by atoms with van der Waals surface area (Å²) in [4.78, 5) is 4.91. The zero-order valence-electron chi connectivity index (χ0n) is 12.9. The number of pyridine rings is 1. The van der Waals surface area contributed by atoms with Gasteiger partial charge in [-0.15, -0.1) is 11.3 Å². The van der Waals surface area contributed by atoms with E-state index < -0.39 is 15.8 Å². The summed E-state index contributed by atoms with van der Waals surface area (Å²) in [5.41, 5.74) is 1.00. The third kappa shape index (κ3) is 3.47. The maximum Gasteiger partial charge on any atom is 0.274 e. The minimum Gasteiger partial charge on any atom is -0.264 e. The number of nitrogens with zero attached hydrogens (tertiary/aromatic N) is 2. The van der Waals surface area contributed by atoms with Crippen molar-refractivity contribution in [3.63, 3.8) is 0 Å². The van der Waals surface area contributed by atoms with Crippen molar-refractivity contribution in [3.8, 4) is 0 Å². The van der Waals surface area contributed by atoms with E-state index >= 15 is 0 Å². The highest BCUT2D eigenvalue weighted by Crippen LogP contribution is 2.30. The number of hydrogen-bond acceptors (Lipinski definition) is 4. The molecule has 0 bridgehead atoms. The van der Waals surface area contributed by atoms with Crippen LogP contribution in [0.25, 0.3) is 0 Å². The number of aryl methyl sites for hydroxylation is 1. The molecule has 0 spiro atoms. The highest BCUT2D eigenvalue weighted by molar-refractivity contribution is 7.94. The van der Waals surface area contributed by atoms with E-state index in [1.54, 1.807) is 42.7 Å². The molecule has 0 aliphatic rings. The van der Waals surface area contributed by atoms with Gasteiger partial charge < -0.3 is 0 Å². The number of thiophene rings is 1.